The van der Waals surface area contributed by atoms with Crippen molar-refractivity contribution in [2.24, 2.45) is 0 Å². The highest BCUT2D eigenvalue weighted by molar-refractivity contribution is 5.82. The first-order valence-corrected chi connectivity index (χ1v) is 12.6. The molecule has 0 radical (unpaired) electrons. The Bertz CT molecular complexity index is 1060. The van der Waals surface area contributed by atoms with Crippen LogP contribution in [-0.2, 0) is 23.8 Å². The minimum absolute atomic E-state index is 0.0226. The van der Waals surface area contributed by atoms with Crippen LogP contribution in [0.4, 0.5) is 5.82 Å². The van der Waals surface area contributed by atoms with Gasteiger partial charge in [0.2, 0.25) is 5.91 Å². The van der Waals surface area contributed by atoms with Crippen molar-refractivity contribution in [1.82, 2.24) is 24.8 Å². The lowest BCUT2D eigenvalue weighted by molar-refractivity contribution is -0.199. The predicted octanol–water partition coefficient (Wildman–Crippen LogP) is 1.69. The number of unbranched alkanes of at least 4 members (excludes halogenated alkanes) is 2. The van der Waals surface area contributed by atoms with E-state index in [0.29, 0.717) is 42.9 Å². The fraction of sp³-hybridized carbons (Fsp3) is 0.708. The Kier molecular flexibility index (Phi) is 8.50. The SMILES string of the molecule is CC(=O)CCCCC(=O)NCCCCNc1ncnc2c1ncn2[C@@H]1O[C@H](CO)C2OC(C)(C)OC21. The van der Waals surface area contributed by atoms with E-state index in [1.807, 2.05) is 13.8 Å². The summed E-state index contributed by atoms with van der Waals surface area (Å²) in [5.74, 6) is 0.0328. The van der Waals surface area contributed by atoms with Gasteiger partial charge < -0.3 is 34.7 Å². The van der Waals surface area contributed by atoms with Crippen molar-refractivity contribution in [2.45, 2.75) is 89.6 Å². The Labute approximate surface area is 210 Å². The normalized spacial score (nSPS) is 24.7. The van der Waals surface area contributed by atoms with Crippen LogP contribution in [0.15, 0.2) is 12.7 Å². The zero-order chi connectivity index (χ0) is 25.7. The molecule has 12 heteroatoms. The summed E-state index contributed by atoms with van der Waals surface area (Å²) < 4.78 is 19.9. The first kappa shape index (κ1) is 26.4. The van der Waals surface area contributed by atoms with E-state index in [2.05, 4.69) is 25.6 Å². The number of Topliss-reactive ketones (excluding diaryl/α,β-unsaturated/α-hetero) is 1. The molecule has 0 saturated carbocycles. The first-order chi connectivity index (χ1) is 17.3. The summed E-state index contributed by atoms with van der Waals surface area (Å²) in [6.07, 6.45) is 5.44. The monoisotopic (exact) mass is 504 g/mol. The lowest BCUT2D eigenvalue weighted by atomic mass is 10.1. The average molecular weight is 505 g/mol. The summed E-state index contributed by atoms with van der Waals surface area (Å²) in [5, 5.41) is 16.0. The number of nitrogens with one attached hydrogen (secondary N) is 2. The summed E-state index contributed by atoms with van der Waals surface area (Å²) in [5.41, 5.74) is 1.21. The van der Waals surface area contributed by atoms with Crippen LogP contribution in [0.3, 0.4) is 0 Å². The summed E-state index contributed by atoms with van der Waals surface area (Å²) in [7, 11) is 0. The number of anilines is 1. The minimum atomic E-state index is -0.766. The zero-order valence-electron chi connectivity index (χ0n) is 21.1. The topological polar surface area (TPSA) is 150 Å². The molecule has 2 fully saturated rings. The summed E-state index contributed by atoms with van der Waals surface area (Å²) in [6.45, 7) is 6.35. The number of carbonyl (C=O) groups excluding carboxylic acids is 2. The van der Waals surface area contributed by atoms with Gasteiger partial charge in [-0.05, 0) is 46.5 Å². The Morgan fingerprint density at radius 2 is 1.81 bits per heavy atom. The van der Waals surface area contributed by atoms with Gasteiger partial charge in [0, 0.05) is 25.9 Å². The van der Waals surface area contributed by atoms with E-state index < -0.39 is 24.2 Å². The van der Waals surface area contributed by atoms with Crippen LogP contribution in [0.5, 0.6) is 0 Å². The van der Waals surface area contributed by atoms with Gasteiger partial charge in [0.15, 0.2) is 29.0 Å². The smallest absolute Gasteiger partial charge is 0.219 e. The Hall–Kier alpha value is -2.67. The van der Waals surface area contributed by atoms with E-state index in [-0.39, 0.29) is 24.4 Å². The Morgan fingerprint density at radius 3 is 2.58 bits per heavy atom. The standard InChI is InChI=1S/C24H36N6O6/c1-15(32)8-4-5-9-17(33)25-10-6-7-11-26-21-18-22(28-13-27-21)30(14-29-18)23-20-19(16(12-31)34-23)35-24(2,3)36-20/h13-14,16,19-20,23,31H,4-12H2,1-3H3,(H,25,33)(H,26,27,28)/t16-,19?,20?,23-/m1/s1. The molecule has 4 heterocycles. The molecule has 2 aromatic heterocycles. The van der Waals surface area contributed by atoms with Gasteiger partial charge in [-0.15, -0.1) is 0 Å². The van der Waals surface area contributed by atoms with Crippen LogP contribution in [0.1, 0.15) is 65.5 Å². The number of amides is 1. The number of carbonyl (C=O) groups is 2. The molecule has 2 aromatic rings. The average Bonchev–Trinajstić information content (AvgIpc) is 3.49. The number of ketones is 1. The highest BCUT2D eigenvalue weighted by Gasteiger charge is 2.56. The molecule has 1 amide bonds. The maximum Gasteiger partial charge on any atom is 0.219 e. The van der Waals surface area contributed by atoms with Crippen molar-refractivity contribution < 1.29 is 28.9 Å². The van der Waals surface area contributed by atoms with Gasteiger partial charge >= 0.3 is 0 Å². The fourth-order valence-electron chi connectivity index (χ4n) is 4.63. The summed E-state index contributed by atoms with van der Waals surface area (Å²) in [4.78, 5) is 36.1. The third-order valence-electron chi connectivity index (χ3n) is 6.34. The van der Waals surface area contributed by atoms with E-state index in [4.69, 9.17) is 14.2 Å². The maximum absolute atomic E-state index is 11.9. The van der Waals surface area contributed by atoms with Crippen molar-refractivity contribution in [1.29, 1.82) is 0 Å². The number of aliphatic hydroxyl groups excluding tert-OH is 1. The highest BCUT2D eigenvalue weighted by atomic mass is 16.8. The van der Waals surface area contributed by atoms with Crippen molar-refractivity contribution in [3.63, 3.8) is 0 Å². The summed E-state index contributed by atoms with van der Waals surface area (Å²) in [6, 6.07) is 0. The van der Waals surface area contributed by atoms with Crippen molar-refractivity contribution in [3.05, 3.63) is 12.7 Å². The van der Waals surface area contributed by atoms with Crippen LogP contribution in [0.2, 0.25) is 0 Å². The van der Waals surface area contributed by atoms with E-state index >= 15 is 0 Å². The quantitative estimate of drug-likeness (QED) is 0.344. The van der Waals surface area contributed by atoms with Crippen LogP contribution in [0, 0.1) is 0 Å². The molecule has 0 bridgehead atoms. The number of ether oxygens (including phenoxy) is 3. The van der Waals surface area contributed by atoms with Crippen LogP contribution >= 0.6 is 0 Å². The number of aliphatic hydroxyl groups is 1. The highest BCUT2D eigenvalue weighted by Crippen LogP contribution is 2.43. The van der Waals surface area contributed by atoms with Gasteiger partial charge in [-0.2, -0.15) is 0 Å². The van der Waals surface area contributed by atoms with Gasteiger partial charge in [0.05, 0.1) is 12.9 Å². The molecule has 36 heavy (non-hydrogen) atoms. The van der Waals surface area contributed by atoms with Crippen molar-refractivity contribution in [3.8, 4) is 0 Å². The molecule has 3 N–H and O–H groups in total. The molecule has 198 valence electrons. The molecule has 2 unspecified atom stereocenters. The van der Waals surface area contributed by atoms with Gasteiger partial charge in [0.25, 0.3) is 0 Å². The van der Waals surface area contributed by atoms with Crippen LogP contribution < -0.4 is 10.6 Å². The van der Waals surface area contributed by atoms with Crippen molar-refractivity contribution >= 4 is 28.7 Å². The van der Waals surface area contributed by atoms with Crippen LogP contribution in [0.25, 0.3) is 11.2 Å². The van der Waals surface area contributed by atoms with Gasteiger partial charge in [-0.3, -0.25) is 9.36 Å². The second-order valence-electron chi connectivity index (χ2n) is 9.75. The molecule has 4 atom stereocenters. The molecular formula is C24H36N6O6. The predicted molar refractivity (Wildman–Crippen MR) is 130 cm³/mol. The molecule has 2 aliphatic heterocycles. The van der Waals surface area contributed by atoms with Gasteiger partial charge in [-0.1, -0.05) is 0 Å². The Morgan fingerprint density at radius 1 is 1.06 bits per heavy atom. The van der Waals surface area contributed by atoms with E-state index in [1.165, 1.54) is 6.33 Å². The van der Waals surface area contributed by atoms with Crippen molar-refractivity contribution in [2.75, 3.05) is 25.0 Å². The number of nitrogens with zero attached hydrogens (tertiary/aromatic N) is 4. The van der Waals surface area contributed by atoms with E-state index in [9.17, 15) is 14.7 Å². The lowest BCUT2D eigenvalue weighted by Crippen LogP contribution is -2.31. The number of rotatable bonds is 13. The van der Waals surface area contributed by atoms with E-state index in [1.54, 1.807) is 17.8 Å². The van der Waals surface area contributed by atoms with Crippen LogP contribution in [-0.4, -0.2) is 80.1 Å². The van der Waals surface area contributed by atoms with Gasteiger partial charge in [-0.25, -0.2) is 15.0 Å². The molecule has 2 saturated heterocycles. The number of hydrogen-bond donors (Lipinski definition) is 3. The number of imidazole rings is 1. The summed E-state index contributed by atoms with van der Waals surface area (Å²) >= 11 is 0. The molecular weight excluding hydrogens is 468 g/mol. The Balaban J connectivity index is 1.27. The number of hydrogen-bond acceptors (Lipinski definition) is 10. The second kappa shape index (κ2) is 11.6. The number of aromatic nitrogens is 4. The van der Waals surface area contributed by atoms with E-state index in [0.717, 1.165) is 25.7 Å². The molecule has 12 nitrogen and oxygen atoms in total. The fourth-order valence-corrected chi connectivity index (χ4v) is 4.63. The number of fused-ring (bicyclic) bond motifs is 2. The first-order valence-electron chi connectivity index (χ1n) is 12.6. The minimum Gasteiger partial charge on any atom is -0.394 e. The maximum atomic E-state index is 11.9. The zero-order valence-corrected chi connectivity index (χ0v) is 21.1. The second-order valence-corrected chi connectivity index (χ2v) is 9.75. The lowest BCUT2D eigenvalue weighted by Gasteiger charge is -2.24. The molecule has 0 aliphatic carbocycles. The third kappa shape index (κ3) is 6.17. The van der Waals surface area contributed by atoms with Gasteiger partial charge in [0.1, 0.15) is 30.4 Å². The third-order valence-corrected chi connectivity index (χ3v) is 6.34. The largest absolute Gasteiger partial charge is 0.394 e. The molecule has 2 aliphatic rings. The molecule has 0 aromatic carbocycles. The molecule has 4 rings (SSSR count). The molecule has 0 spiro atoms.